The summed E-state index contributed by atoms with van der Waals surface area (Å²) in [6.07, 6.45) is -0.793. The minimum atomic E-state index is -4.05. The number of rotatable bonds is 10. The molecule has 0 spiro atoms. The Balaban J connectivity index is 0.000000539. The van der Waals surface area contributed by atoms with Crippen LogP contribution in [0, 0.1) is 0 Å². The van der Waals surface area contributed by atoms with Gasteiger partial charge in [0.25, 0.3) is 5.91 Å². The van der Waals surface area contributed by atoms with E-state index in [0.717, 1.165) is 16.4 Å². The highest BCUT2D eigenvalue weighted by Crippen LogP contribution is 2.43. The number of allylic oxidation sites excluding steroid dienone is 1. The summed E-state index contributed by atoms with van der Waals surface area (Å²) in [5.74, 6) is -0.196. The van der Waals surface area contributed by atoms with Crippen LogP contribution in [0.15, 0.2) is 132 Å². The van der Waals surface area contributed by atoms with Crippen LogP contribution in [0.3, 0.4) is 0 Å². The summed E-state index contributed by atoms with van der Waals surface area (Å²) >= 11 is 0. The fourth-order valence-electron chi connectivity index (χ4n) is 4.92. The van der Waals surface area contributed by atoms with Gasteiger partial charge in [-0.05, 0) is 42.3 Å². The fourth-order valence-corrected chi connectivity index (χ4v) is 8.67. The van der Waals surface area contributed by atoms with Crippen molar-refractivity contribution in [3.05, 3.63) is 138 Å². The first kappa shape index (κ1) is 33.3. The Hall–Kier alpha value is -5.07. The van der Waals surface area contributed by atoms with Crippen molar-refractivity contribution in [2.24, 2.45) is 0 Å². The number of carbonyl (C=O) groups is 3. The van der Waals surface area contributed by atoms with Gasteiger partial charge in [0.1, 0.15) is 17.3 Å². The first-order chi connectivity index (χ1) is 22.5. The summed E-state index contributed by atoms with van der Waals surface area (Å²) in [6.45, 7) is 2.37. The number of nitrogens with one attached hydrogen (secondary N) is 1. The van der Waals surface area contributed by atoms with Crippen molar-refractivity contribution in [3.8, 4) is 11.5 Å². The molecular weight excluding hydrogens is 641 g/mol. The molecule has 2 amide bonds. The predicted octanol–water partition coefficient (Wildman–Crippen LogP) is 5.79. The lowest BCUT2D eigenvalue weighted by Gasteiger charge is -2.47. The molecule has 7 rings (SSSR count). The molecule has 1 fully saturated rings. The van der Waals surface area contributed by atoms with Crippen LogP contribution in [0.2, 0.25) is 0 Å². The van der Waals surface area contributed by atoms with Gasteiger partial charge in [-0.25, -0.2) is 13.2 Å². The number of ether oxygens (including phenoxy) is 3. The van der Waals surface area contributed by atoms with Crippen molar-refractivity contribution in [1.29, 1.82) is 0 Å². The Labute approximate surface area is 276 Å². The second kappa shape index (κ2) is 14.1. The van der Waals surface area contributed by atoms with Gasteiger partial charge in [0.15, 0.2) is 16.7 Å². The van der Waals surface area contributed by atoms with E-state index in [-0.39, 0.29) is 22.9 Å². The zero-order chi connectivity index (χ0) is 33.6. The summed E-state index contributed by atoms with van der Waals surface area (Å²) in [4.78, 5) is 38.6. The Bertz CT molecular complexity index is 1840. The quantitative estimate of drug-likeness (QED) is 0.0490. The molecule has 1 saturated heterocycles. The maximum Gasteiger partial charge on any atom is 0.359 e. The average Bonchev–Trinajstić information content (AvgIpc) is 3.07. The monoisotopic (exact) mass is 672 g/mol. The molecule has 0 aromatic heterocycles. The summed E-state index contributed by atoms with van der Waals surface area (Å²) in [6, 6.07) is 33.7. The van der Waals surface area contributed by atoms with Crippen molar-refractivity contribution in [2.75, 3.05) is 13.7 Å². The number of methoxy groups -OCH3 is 1. The number of fused-ring (bicyclic) bond motifs is 2. The lowest BCUT2D eigenvalue weighted by Crippen LogP contribution is -2.72. The standard InChI is InChI=1S/C29H28N2O7S2.C6H4O/c1-20(37-3)25(27(33)38-26(22-13-7-4-8-14-22)23-15-9-5-10-16-23)31-19-29(28(31)34,30-21(2)32)39-40(35,36)24-17-11-6-12-18-24;1-2-5-4-6(3-1)7-5/h4-18,26H,19H2,1-3H3,(H,30,32);1-4H. The lowest BCUT2D eigenvalue weighted by molar-refractivity contribution is -0.154. The summed E-state index contributed by atoms with van der Waals surface area (Å²) < 4.78 is 42.6. The van der Waals surface area contributed by atoms with Crippen LogP contribution in [0.4, 0.5) is 0 Å². The topological polar surface area (TPSA) is 128 Å². The Morgan fingerprint density at radius 1 is 0.851 bits per heavy atom. The molecule has 1 atom stereocenters. The highest BCUT2D eigenvalue weighted by Gasteiger charge is 2.59. The van der Waals surface area contributed by atoms with Gasteiger partial charge in [0.2, 0.25) is 14.8 Å². The second-order valence-corrected chi connectivity index (χ2v) is 14.6. The molecule has 47 heavy (non-hydrogen) atoms. The van der Waals surface area contributed by atoms with Gasteiger partial charge >= 0.3 is 5.97 Å². The van der Waals surface area contributed by atoms with Crippen molar-refractivity contribution in [2.45, 2.75) is 29.7 Å². The number of esters is 1. The van der Waals surface area contributed by atoms with Crippen molar-refractivity contribution in [1.82, 2.24) is 10.2 Å². The number of likely N-dealkylation sites (tertiary alicyclic amines) is 1. The smallest absolute Gasteiger partial charge is 0.359 e. The molecule has 3 heterocycles. The molecule has 10 nitrogen and oxygen atoms in total. The number of benzene rings is 4. The summed E-state index contributed by atoms with van der Waals surface area (Å²) in [7, 11) is -2.39. The molecule has 3 aliphatic rings. The molecule has 242 valence electrons. The SMILES string of the molecule is COC(C)=C(C(=O)OC(c1ccccc1)c1ccccc1)N1CC(NC(C)=O)(SS(=O)(=O)c2ccccc2)C1=O.c1cc2cc(c1)O2. The number of hydrogen-bond acceptors (Lipinski definition) is 9. The van der Waals surface area contributed by atoms with Gasteiger partial charge in [-0.2, -0.15) is 0 Å². The van der Waals surface area contributed by atoms with Gasteiger partial charge in [-0.15, -0.1) is 0 Å². The van der Waals surface area contributed by atoms with E-state index in [1.807, 2.05) is 84.9 Å². The third-order valence-corrected chi connectivity index (χ3v) is 11.1. The van der Waals surface area contributed by atoms with Gasteiger partial charge in [0.05, 0.1) is 18.6 Å². The second-order valence-electron chi connectivity index (χ2n) is 10.5. The number of amides is 2. The molecule has 4 aromatic carbocycles. The Morgan fingerprint density at radius 3 is 1.77 bits per heavy atom. The molecule has 1 unspecified atom stereocenters. The van der Waals surface area contributed by atoms with Gasteiger partial charge in [0, 0.05) is 23.8 Å². The minimum absolute atomic E-state index is 0.0206. The molecule has 0 saturated carbocycles. The first-order valence-electron chi connectivity index (χ1n) is 14.5. The van der Waals surface area contributed by atoms with Crippen LogP contribution < -0.4 is 10.1 Å². The maximum absolute atomic E-state index is 13.7. The fraction of sp³-hybridized carbons (Fsp3) is 0.171. The molecule has 0 aliphatic carbocycles. The average molecular weight is 673 g/mol. The Morgan fingerprint density at radius 2 is 1.36 bits per heavy atom. The van der Waals surface area contributed by atoms with Crippen LogP contribution >= 0.6 is 10.8 Å². The highest BCUT2D eigenvalue weighted by atomic mass is 33.1. The van der Waals surface area contributed by atoms with E-state index in [0.29, 0.717) is 21.9 Å². The third-order valence-electron chi connectivity index (χ3n) is 7.21. The number of nitrogens with zero attached hydrogens (tertiary/aromatic N) is 1. The minimum Gasteiger partial charge on any atom is -0.499 e. The number of β-lactam (4-membered cyclic amide) rings is 1. The zero-order valence-electron chi connectivity index (χ0n) is 25.8. The highest BCUT2D eigenvalue weighted by molar-refractivity contribution is 8.72. The number of hydrogen-bond donors (Lipinski definition) is 1. The predicted molar refractivity (Wildman–Crippen MR) is 177 cm³/mol. The Kier molecular flexibility index (Phi) is 10.0. The van der Waals surface area contributed by atoms with E-state index in [1.54, 1.807) is 18.2 Å². The van der Waals surface area contributed by atoms with Crippen LogP contribution in [-0.4, -0.2) is 49.6 Å². The normalized spacial score (nSPS) is 16.7. The lowest BCUT2D eigenvalue weighted by atomic mass is 10.0. The first-order valence-corrected chi connectivity index (χ1v) is 17.3. The third kappa shape index (κ3) is 7.50. The molecule has 0 radical (unpaired) electrons. The number of carbonyl (C=O) groups excluding carboxylic acids is 3. The van der Waals surface area contributed by atoms with Gasteiger partial charge < -0.3 is 19.5 Å². The maximum atomic E-state index is 13.7. The molecule has 2 bridgehead atoms. The van der Waals surface area contributed by atoms with E-state index in [1.165, 1.54) is 33.1 Å². The van der Waals surface area contributed by atoms with Crippen LogP contribution in [0.25, 0.3) is 0 Å². The van der Waals surface area contributed by atoms with Gasteiger partial charge in [-0.1, -0.05) is 84.9 Å². The molecule has 3 aliphatic heterocycles. The van der Waals surface area contributed by atoms with Crippen LogP contribution in [-0.2, 0) is 32.7 Å². The zero-order valence-corrected chi connectivity index (χ0v) is 27.4. The largest absolute Gasteiger partial charge is 0.499 e. The van der Waals surface area contributed by atoms with Crippen molar-refractivity contribution < 1.29 is 37.0 Å². The van der Waals surface area contributed by atoms with E-state index in [9.17, 15) is 22.8 Å². The van der Waals surface area contributed by atoms with E-state index in [4.69, 9.17) is 14.2 Å². The van der Waals surface area contributed by atoms with Gasteiger partial charge in [-0.3, -0.25) is 14.5 Å². The van der Waals surface area contributed by atoms with Crippen molar-refractivity contribution >= 4 is 37.4 Å². The summed E-state index contributed by atoms with van der Waals surface area (Å²) in [5.41, 5.74) is 1.23. The summed E-state index contributed by atoms with van der Waals surface area (Å²) in [5, 5.41) is 2.48. The van der Waals surface area contributed by atoms with E-state index in [2.05, 4.69) is 5.32 Å². The molecule has 12 heteroatoms. The van der Waals surface area contributed by atoms with Crippen molar-refractivity contribution in [3.63, 3.8) is 0 Å². The molecular formula is C35H32N2O8S2. The molecule has 1 N–H and O–H groups in total. The molecule has 4 aromatic rings. The van der Waals surface area contributed by atoms with E-state index >= 15 is 0 Å². The van der Waals surface area contributed by atoms with Crippen LogP contribution in [0.1, 0.15) is 31.1 Å². The van der Waals surface area contributed by atoms with Crippen LogP contribution in [0.5, 0.6) is 11.5 Å². The van der Waals surface area contributed by atoms with E-state index < -0.39 is 37.6 Å².